The van der Waals surface area contributed by atoms with Crippen molar-refractivity contribution < 1.29 is 18.3 Å². The molecular formula is C19H16F2N2O2S. The minimum Gasteiger partial charge on any atom is -0.435 e. The SMILES string of the molecule is CCc1ccc(-c2csc(NC(=O)c3cccc(OC(F)F)c3)n2)cc1. The maximum absolute atomic E-state index is 12.3. The summed E-state index contributed by atoms with van der Waals surface area (Å²) < 4.78 is 28.9. The van der Waals surface area contributed by atoms with E-state index in [1.54, 1.807) is 0 Å². The van der Waals surface area contributed by atoms with Crippen LogP contribution in [0.5, 0.6) is 5.75 Å². The molecule has 0 spiro atoms. The Morgan fingerprint density at radius 2 is 2.00 bits per heavy atom. The largest absolute Gasteiger partial charge is 0.435 e. The maximum atomic E-state index is 12.3. The van der Waals surface area contributed by atoms with Crippen molar-refractivity contribution in [2.24, 2.45) is 0 Å². The van der Waals surface area contributed by atoms with Crippen molar-refractivity contribution >= 4 is 22.4 Å². The standard InChI is InChI=1S/C19H16F2N2O2S/c1-2-12-6-8-13(9-7-12)16-11-26-19(22-16)23-17(24)14-4-3-5-15(10-14)25-18(20)21/h3-11,18H,2H2,1H3,(H,22,23,24). The van der Waals surface area contributed by atoms with Gasteiger partial charge in [-0.05, 0) is 30.2 Å². The van der Waals surface area contributed by atoms with Gasteiger partial charge in [0.15, 0.2) is 5.13 Å². The van der Waals surface area contributed by atoms with Crippen LogP contribution in [-0.4, -0.2) is 17.5 Å². The van der Waals surface area contributed by atoms with Gasteiger partial charge in [0.1, 0.15) is 5.75 Å². The monoisotopic (exact) mass is 374 g/mol. The molecule has 134 valence electrons. The van der Waals surface area contributed by atoms with Crippen molar-refractivity contribution in [2.45, 2.75) is 20.0 Å². The third kappa shape index (κ3) is 4.43. The highest BCUT2D eigenvalue weighted by molar-refractivity contribution is 7.14. The Labute approximate surface area is 153 Å². The van der Waals surface area contributed by atoms with Crippen LogP contribution in [0.2, 0.25) is 0 Å². The number of hydrogen-bond donors (Lipinski definition) is 1. The van der Waals surface area contributed by atoms with Gasteiger partial charge < -0.3 is 4.74 Å². The number of rotatable bonds is 6. The number of nitrogens with zero attached hydrogens (tertiary/aromatic N) is 1. The highest BCUT2D eigenvalue weighted by atomic mass is 32.1. The van der Waals surface area contributed by atoms with Crippen LogP contribution in [0.15, 0.2) is 53.9 Å². The van der Waals surface area contributed by atoms with E-state index < -0.39 is 12.5 Å². The first-order valence-corrected chi connectivity index (χ1v) is 8.84. The number of halogens is 2. The van der Waals surface area contributed by atoms with Gasteiger partial charge in [0.25, 0.3) is 5.91 Å². The zero-order valence-electron chi connectivity index (χ0n) is 13.9. The molecule has 1 heterocycles. The summed E-state index contributed by atoms with van der Waals surface area (Å²) in [6, 6.07) is 13.7. The molecular weight excluding hydrogens is 358 g/mol. The number of alkyl halides is 2. The predicted molar refractivity (Wildman–Crippen MR) is 98.0 cm³/mol. The Morgan fingerprint density at radius 1 is 1.23 bits per heavy atom. The van der Waals surface area contributed by atoms with Crippen molar-refractivity contribution in [3.8, 4) is 17.0 Å². The second-order valence-electron chi connectivity index (χ2n) is 5.45. The van der Waals surface area contributed by atoms with Gasteiger partial charge in [0.2, 0.25) is 0 Å². The molecule has 3 aromatic rings. The quantitative estimate of drug-likeness (QED) is 0.643. The first-order chi connectivity index (χ1) is 12.5. The number of aryl methyl sites for hydroxylation is 1. The number of carbonyl (C=O) groups excluding carboxylic acids is 1. The fraction of sp³-hybridized carbons (Fsp3) is 0.158. The van der Waals surface area contributed by atoms with Crippen molar-refractivity contribution in [3.63, 3.8) is 0 Å². The molecule has 0 aliphatic heterocycles. The molecule has 2 aromatic carbocycles. The van der Waals surface area contributed by atoms with Gasteiger partial charge >= 0.3 is 6.61 Å². The number of benzene rings is 2. The van der Waals surface area contributed by atoms with Crippen LogP contribution in [-0.2, 0) is 6.42 Å². The van der Waals surface area contributed by atoms with E-state index in [1.807, 2.05) is 29.6 Å². The van der Waals surface area contributed by atoms with Crippen LogP contribution in [0.1, 0.15) is 22.8 Å². The highest BCUT2D eigenvalue weighted by Crippen LogP contribution is 2.26. The number of amides is 1. The van der Waals surface area contributed by atoms with Crippen LogP contribution in [0, 0.1) is 0 Å². The van der Waals surface area contributed by atoms with Crippen molar-refractivity contribution in [3.05, 3.63) is 65.0 Å². The Kier molecular flexibility index (Phi) is 5.58. The van der Waals surface area contributed by atoms with Crippen LogP contribution in [0.25, 0.3) is 11.3 Å². The summed E-state index contributed by atoms with van der Waals surface area (Å²) >= 11 is 1.30. The van der Waals surface area contributed by atoms with Gasteiger partial charge in [0.05, 0.1) is 5.69 Å². The van der Waals surface area contributed by atoms with E-state index in [9.17, 15) is 13.6 Å². The molecule has 0 bridgehead atoms. The summed E-state index contributed by atoms with van der Waals surface area (Å²) in [5.74, 6) is -0.504. The maximum Gasteiger partial charge on any atom is 0.387 e. The van der Waals surface area contributed by atoms with E-state index in [-0.39, 0.29) is 11.3 Å². The van der Waals surface area contributed by atoms with E-state index in [1.165, 1.54) is 41.2 Å². The number of anilines is 1. The molecule has 26 heavy (non-hydrogen) atoms. The molecule has 0 saturated carbocycles. The Bertz CT molecular complexity index is 895. The average Bonchev–Trinajstić information content (AvgIpc) is 3.10. The topological polar surface area (TPSA) is 51.2 Å². The normalized spacial score (nSPS) is 10.8. The lowest BCUT2D eigenvalue weighted by molar-refractivity contribution is -0.0498. The third-order valence-corrected chi connectivity index (χ3v) is 4.46. The number of carbonyl (C=O) groups is 1. The van der Waals surface area contributed by atoms with Gasteiger partial charge in [0, 0.05) is 16.5 Å². The molecule has 1 amide bonds. The van der Waals surface area contributed by atoms with E-state index in [0.717, 1.165) is 17.7 Å². The van der Waals surface area contributed by atoms with Gasteiger partial charge in [-0.15, -0.1) is 11.3 Å². The van der Waals surface area contributed by atoms with Crippen LogP contribution in [0.4, 0.5) is 13.9 Å². The smallest absolute Gasteiger partial charge is 0.387 e. The van der Waals surface area contributed by atoms with Crippen molar-refractivity contribution in [1.82, 2.24) is 4.98 Å². The van der Waals surface area contributed by atoms with E-state index in [2.05, 4.69) is 22.0 Å². The molecule has 4 nitrogen and oxygen atoms in total. The second kappa shape index (κ2) is 8.05. The summed E-state index contributed by atoms with van der Waals surface area (Å²) in [6.07, 6.45) is 0.965. The Morgan fingerprint density at radius 3 is 2.69 bits per heavy atom. The third-order valence-electron chi connectivity index (χ3n) is 3.70. The molecule has 1 N–H and O–H groups in total. The Hall–Kier alpha value is -2.80. The van der Waals surface area contributed by atoms with E-state index >= 15 is 0 Å². The van der Waals surface area contributed by atoms with Gasteiger partial charge in [-0.1, -0.05) is 37.3 Å². The summed E-state index contributed by atoms with van der Waals surface area (Å²) in [4.78, 5) is 16.7. The predicted octanol–water partition coefficient (Wildman–Crippen LogP) is 5.23. The highest BCUT2D eigenvalue weighted by Gasteiger charge is 2.12. The molecule has 0 aliphatic rings. The van der Waals surface area contributed by atoms with Crippen molar-refractivity contribution in [1.29, 1.82) is 0 Å². The van der Waals surface area contributed by atoms with E-state index in [0.29, 0.717) is 5.13 Å². The molecule has 3 rings (SSSR count). The molecule has 0 unspecified atom stereocenters. The molecule has 7 heteroatoms. The molecule has 0 atom stereocenters. The number of aromatic nitrogens is 1. The lowest BCUT2D eigenvalue weighted by Crippen LogP contribution is -2.12. The molecule has 1 aromatic heterocycles. The minimum absolute atomic E-state index is 0.0662. The first kappa shape index (κ1) is 18.0. The van der Waals surface area contributed by atoms with Crippen LogP contribution < -0.4 is 10.1 Å². The van der Waals surface area contributed by atoms with Gasteiger partial charge in [-0.2, -0.15) is 8.78 Å². The number of thiazole rings is 1. The average molecular weight is 374 g/mol. The summed E-state index contributed by atoms with van der Waals surface area (Å²) in [6.45, 7) is -0.846. The molecule has 0 aliphatic carbocycles. The zero-order chi connectivity index (χ0) is 18.5. The van der Waals surface area contributed by atoms with Crippen LogP contribution >= 0.6 is 11.3 Å². The molecule has 0 saturated heterocycles. The minimum atomic E-state index is -2.94. The lowest BCUT2D eigenvalue weighted by atomic mass is 10.1. The molecule has 0 fully saturated rings. The number of nitrogens with one attached hydrogen (secondary N) is 1. The summed E-state index contributed by atoms with van der Waals surface area (Å²) in [5.41, 5.74) is 3.18. The van der Waals surface area contributed by atoms with Crippen LogP contribution in [0.3, 0.4) is 0 Å². The first-order valence-electron chi connectivity index (χ1n) is 7.96. The Balaban J connectivity index is 1.71. The van der Waals surface area contributed by atoms with Gasteiger partial charge in [-0.25, -0.2) is 4.98 Å². The van der Waals surface area contributed by atoms with Gasteiger partial charge in [-0.3, -0.25) is 10.1 Å². The summed E-state index contributed by atoms with van der Waals surface area (Å²) in [5, 5.41) is 4.97. The molecule has 0 radical (unpaired) electrons. The van der Waals surface area contributed by atoms with Crippen molar-refractivity contribution in [2.75, 3.05) is 5.32 Å². The van der Waals surface area contributed by atoms with E-state index in [4.69, 9.17) is 0 Å². The second-order valence-corrected chi connectivity index (χ2v) is 6.31. The summed E-state index contributed by atoms with van der Waals surface area (Å²) in [7, 11) is 0. The fourth-order valence-corrected chi connectivity index (χ4v) is 3.07. The lowest BCUT2D eigenvalue weighted by Gasteiger charge is -2.06. The fourth-order valence-electron chi connectivity index (χ4n) is 2.36. The zero-order valence-corrected chi connectivity index (χ0v) is 14.7. The number of hydrogen-bond acceptors (Lipinski definition) is 4. The number of ether oxygens (including phenoxy) is 1.